The lowest BCUT2D eigenvalue weighted by atomic mass is 10.1. The van der Waals surface area contributed by atoms with Crippen LogP contribution in [0.5, 0.6) is 5.88 Å². The molecule has 0 saturated heterocycles. The van der Waals surface area contributed by atoms with Crippen LogP contribution in [0.15, 0.2) is 24.3 Å². The van der Waals surface area contributed by atoms with Crippen molar-refractivity contribution in [2.75, 3.05) is 6.61 Å². The third kappa shape index (κ3) is 1.84. The van der Waals surface area contributed by atoms with E-state index in [1.165, 1.54) is 0 Å². The molecule has 0 saturated carbocycles. The van der Waals surface area contributed by atoms with E-state index in [-0.39, 0.29) is 0 Å². The molecular formula is C15H17N3O. The molecule has 0 bridgehead atoms. The first-order chi connectivity index (χ1) is 9.22. The van der Waals surface area contributed by atoms with Gasteiger partial charge in [-0.25, -0.2) is 0 Å². The number of aryl methyl sites for hydroxylation is 2. The molecule has 3 rings (SSSR count). The second-order valence-corrected chi connectivity index (χ2v) is 4.72. The van der Waals surface area contributed by atoms with Crippen LogP contribution in [-0.4, -0.2) is 21.4 Å². The number of hydrogen-bond donors (Lipinski definition) is 0. The summed E-state index contributed by atoms with van der Waals surface area (Å²) < 4.78 is 7.60. The molecule has 0 N–H and O–H groups in total. The molecule has 1 aromatic carbocycles. The Labute approximate surface area is 112 Å². The SMILES string of the molecule is CCCOc1nc2c(c(C)nn2C)c2ccccc12. The first kappa shape index (κ1) is 12.0. The van der Waals surface area contributed by atoms with Crippen molar-refractivity contribution < 1.29 is 4.74 Å². The van der Waals surface area contributed by atoms with E-state index in [1.54, 1.807) is 0 Å². The van der Waals surface area contributed by atoms with Crippen molar-refractivity contribution in [3.05, 3.63) is 30.0 Å². The first-order valence-corrected chi connectivity index (χ1v) is 6.57. The molecule has 2 aromatic heterocycles. The fourth-order valence-electron chi connectivity index (χ4n) is 2.44. The molecule has 98 valence electrons. The van der Waals surface area contributed by atoms with Gasteiger partial charge in [-0.2, -0.15) is 10.1 Å². The van der Waals surface area contributed by atoms with Gasteiger partial charge < -0.3 is 4.74 Å². The summed E-state index contributed by atoms with van der Waals surface area (Å²) in [5.41, 5.74) is 1.88. The van der Waals surface area contributed by atoms with Crippen molar-refractivity contribution in [1.82, 2.24) is 14.8 Å². The van der Waals surface area contributed by atoms with Crippen molar-refractivity contribution in [3.63, 3.8) is 0 Å². The number of ether oxygens (including phenoxy) is 1. The van der Waals surface area contributed by atoms with E-state index in [2.05, 4.69) is 29.1 Å². The zero-order valence-corrected chi connectivity index (χ0v) is 11.5. The van der Waals surface area contributed by atoms with Crippen LogP contribution in [-0.2, 0) is 7.05 Å². The molecule has 0 radical (unpaired) electrons. The minimum absolute atomic E-state index is 0.680. The highest BCUT2D eigenvalue weighted by molar-refractivity contribution is 6.08. The third-order valence-electron chi connectivity index (χ3n) is 3.27. The molecule has 0 amide bonds. The van der Waals surface area contributed by atoms with Crippen LogP contribution in [0.4, 0.5) is 0 Å². The lowest BCUT2D eigenvalue weighted by Crippen LogP contribution is -2.00. The zero-order chi connectivity index (χ0) is 13.4. The van der Waals surface area contributed by atoms with Gasteiger partial charge >= 0.3 is 0 Å². The van der Waals surface area contributed by atoms with Gasteiger partial charge in [0.2, 0.25) is 5.88 Å². The third-order valence-corrected chi connectivity index (χ3v) is 3.27. The van der Waals surface area contributed by atoms with E-state index < -0.39 is 0 Å². The minimum Gasteiger partial charge on any atom is -0.477 e. The highest BCUT2D eigenvalue weighted by Crippen LogP contribution is 2.32. The van der Waals surface area contributed by atoms with Gasteiger partial charge in [0.05, 0.1) is 17.7 Å². The Hall–Kier alpha value is -2.10. The van der Waals surface area contributed by atoms with Gasteiger partial charge in [-0.05, 0) is 24.8 Å². The molecular weight excluding hydrogens is 238 g/mol. The molecule has 3 aromatic rings. The van der Waals surface area contributed by atoms with E-state index in [0.29, 0.717) is 12.5 Å². The lowest BCUT2D eigenvalue weighted by Gasteiger charge is -2.08. The number of benzene rings is 1. The number of rotatable bonds is 3. The normalized spacial score (nSPS) is 11.3. The average Bonchev–Trinajstić information content (AvgIpc) is 2.71. The van der Waals surface area contributed by atoms with Gasteiger partial charge in [-0.1, -0.05) is 25.1 Å². The van der Waals surface area contributed by atoms with E-state index in [1.807, 2.05) is 30.8 Å². The van der Waals surface area contributed by atoms with Crippen LogP contribution in [0.25, 0.3) is 21.8 Å². The number of hydrogen-bond acceptors (Lipinski definition) is 3. The number of fused-ring (bicyclic) bond motifs is 3. The quantitative estimate of drug-likeness (QED) is 0.721. The van der Waals surface area contributed by atoms with Crippen molar-refractivity contribution >= 4 is 21.8 Å². The molecule has 2 heterocycles. The fraction of sp³-hybridized carbons (Fsp3) is 0.333. The summed E-state index contributed by atoms with van der Waals surface area (Å²) in [4.78, 5) is 4.64. The maximum Gasteiger partial charge on any atom is 0.223 e. The molecule has 0 fully saturated rings. The molecule has 0 aliphatic carbocycles. The van der Waals surface area contributed by atoms with Crippen LogP contribution in [0, 0.1) is 6.92 Å². The molecule has 0 aliphatic rings. The predicted molar refractivity (Wildman–Crippen MR) is 76.5 cm³/mol. The zero-order valence-electron chi connectivity index (χ0n) is 11.5. The van der Waals surface area contributed by atoms with E-state index in [0.717, 1.165) is 33.9 Å². The highest BCUT2D eigenvalue weighted by atomic mass is 16.5. The second-order valence-electron chi connectivity index (χ2n) is 4.72. The Balaban J connectivity index is 2.38. The van der Waals surface area contributed by atoms with Gasteiger partial charge in [-0.15, -0.1) is 0 Å². The highest BCUT2D eigenvalue weighted by Gasteiger charge is 2.14. The van der Waals surface area contributed by atoms with Gasteiger partial charge in [-0.3, -0.25) is 4.68 Å². The summed E-state index contributed by atoms with van der Waals surface area (Å²) in [7, 11) is 1.92. The maximum atomic E-state index is 5.79. The number of pyridine rings is 1. The maximum absolute atomic E-state index is 5.79. The lowest BCUT2D eigenvalue weighted by molar-refractivity contribution is 0.310. The van der Waals surface area contributed by atoms with E-state index >= 15 is 0 Å². The van der Waals surface area contributed by atoms with Gasteiger partial charge in [0.25, 0.3) is 0 Å². The molecule has 0 atom stereocenters. The first-order valence-electron chi connectivity index (χ1n) is 6.57. The molecule has 0 aliphatic heterocycles. The molecule has 19 heavy (non-hydrogen) atoms. The average molecular weight is 255 g/mol. The summed E-state index contributed by atoms with van der Waals surface area (Å²) >= 11 is 0. The largest absolute Gasteiger partial charge is 0.477 e. The Morgan fingerprint density at radius 1 is 1.21 bits per heavy atom. The smallest absolute Gasteiger partial charge is 0.223 e. The summed E-state index contributed by atoms with van der Waals surface area (Å²) in [6, 6.07) is 8.21. The molecule has 4 nitrogen and oxygen atoms in total. The standard InChI is InChI=1S/C15H17N3O/c1-4-9-19-15-12-8-6-5-7-11(12)13-10(2)17-18(3)14(13)16-15/h5-8H,4,9H2,1-3H3. The summed E-state index contributed by atoms with van der Waals surface area (Å²) in [5.74, 6) is 0.702. The fourth-order valence-corrected chi connectivity index (χ4v) is 2.44. The van der Waals surface area contributed by atoms with Crippen LogP contribution in [0.3, 0.4) is 0 Å². The van der Waals surface area contributed by atoms with Crippen LogP contribution >= 0.6 is 0 Å². The van der Waals surface area contributed by atoms with E-state index in [4.69, 9.17) is 4.74 Å². The van der Waals surface area contributed by atoms with Crippen LogP contribution in [0.1, 0.15) is 19.0 Å². The number of nitrogens with zero attached hydrogens (tertiary/aromatic N) is 3. The summed E-state index contributed by atoms with van der Waals surface area (Å²) in [6.45, 7) is 4.79. The van der Waals surface area contributed by atoms with Gasteiger partial charge in [0.15, 0.2) is 5.65 Å². The van der Waals surface area contributed by atoms with Crippen LogP contribution < -0.4 is 4.74 Å². The van der Waals surface area contributed by atoms with Gasteiger partial charge in [0.1, 0.15) is 0 Å². The predicted octanol–water partition coefficient (Wildman–Crippen LogP) is 3.22. The van der Waals surface area contributed by atoms with Crippen molar-refractivity contribution in [1.29, 1.82) is 0 Å². The summed E-state index contributed by atoms with van der Waals surface area (Å²) in [5, 5.41) is 7.79. The second kappa shape index (κ2) is 4.53. The van der Waals surface area contributed by atoms with Crippen LogP contribution in [0.2, 0.25) is 0 Å². The molecule has 4 heteroatoms. The minimum atomic E-state index is 0.680. The van der Waals surface area contributed by atoms with Crippen molar-refractivity contribution in [2.24, 2.45) is 7.05 Å². The Morgan fingerprint density at radius 2 is 1.95 bits per heavy atom. The Kier molecular flexibility index (Phi) is 2.85. The Bertz CT molecular complexity index is 746. The monoisotopic (exact) mass is 255 g/mol. The molecule has 0 unspecified atom stereocenters. The number of aromatic nitrogens is 3. The van der Waals surface area contributed by atoms with Crippen molar-refractivity contribution in [3.8, 4) is 5.88 Å². The Morgan fingerprint density at radius 3 is 2.68 bits per heavy atom. The van der Waals surface area contributed by atoms with E-state index in [9.17, 15) is 0 Å². The molecule has 0 spiro atoms. The summed E-state index contributed by atoms with van der Waals surface area (Å²) in [6.07, 6.45) is 0.971. The topological polar surface area (TPSA) is 39.9 Å². The van der Waals surface area contributed by atoms with Crippen molar-refractivity contribution in [2.45, 2.75) is 20.3 Å². The van der Waals surface area contributed by atoms with Gasteiger partial charge in [0, 0.05) is 12.4 Å².